The van der Waals surface area contributed by atoms with E-state index >= 15 is 0 Å². The van der Waals surface area contributed by atoms with Crippen LogP contribution in [0.3, 0.4) is 0 Å². The van der Waals surface area contributed by atoms with Crippen molar-refractivity contribution in [1.29, 1.82) is 0 Å². The van der Waals surface area contributed by atoms with Crippen molar-refractivity contribution in [3.05, 3.63) is 58.1 Å². The third kappa shape index (κ3) is 5.30. The molecule has 0 spiro atoms. The molecule has 1 aliphatic heterocycles. The average molecular weight is 481 g/mol. The number of amides is 1. The van der Waals surface area contributed by atoms with E-state index in [-0.39, 0.29) is 18.5 Å². The number of hydrogen-bond donors (Lipinski definition) is 1. The summed E-state index contributed by atoms with van der Waals surface area (Å²) < 4.78 is 32.6. The Morgan fingerprint density at radius 2 is 1.90 bits per heavy atom. The van der Waals surface area contributed by atoms with E-state index < -0.39 is 15.6 Å². The van der Waals surface area contributed by atoms with E-state index in [1.807, 2.05) is 39.0 Å². The van der Waals surface area contributed by atoms with Gasteiger partial charge in [0, 0.05) is 16.5 Å². The molecule has 6 nitrogen and oxygen atoms in total. The second-order valence-corrected chi connectivity index (χ2v) is 10.8. The number of nitrogens with one attached hydrogen (secondary N) is 1. The number of sulfonamides is 1. The van der Waals surface area contributed by atoms with Crippen LogP contribution in [0.4, 0.5) is 5.69 Å². The molecule has 1 N–H and O–H groups in total. The zero-order valence-corrected chi connectivity index (χ0v) is 19.3. The number of anilines is 1. The molecule has 1 atom stereocenters. The van der Waals surface area contributed by atoms with E-state index in [2.05, 4.69) is 21.2 Å². The minimum absolute atomic E-state index is 0.257. The van der Waals surface area contributed by atoms with Crippen molar-refractivity contribution in [2.45, 2.75) is 38.8 Å². The molecular weight excluding hydrogens is 456 g/mol. The maximum atomic E-state index is 12.8. The summed E-state index contributed by atoms with van der Waals surface area (Å²) in [7, 11) is -3.62. The van der Waals surface area contributed by atoms with Crippen molar-refractivity contribution in [1.82, 2.24) is 5.32 Å². The molecule has 156 valence electrons. The van der Waals surface area contributed by atoms with Crippen molar-refractivity contribution in [2.24, 2.45) is 0 Å². The van der Waals surface area contributed by atoms with E-state index in [4.69, 9.17) is 4.74 Å². The van der Waals surface area contributed by atoms with E-state index in [9.17, 15) is 13.2 Å². The largest absolute Gasteiger partial charge is 0.487 e. The van der Waals surface area contributed by atoms with Gasteiger partial charge in [0.05, 0.1) is 18.0 Å². The van der Waals surface area contributed by atoms with E-state index in [0.29, 0.717) is 12.1 Å². The van der Waals surface area contributed by atoms with Crippen molar-refractivity contribution >= 4 is 37.5 Å². The fraction of sp³-hybridized carbons (Fsp3) is 0.381. The lowest BCUT2D eigenvalue weighted by molar-refractivity contribution is -0.120. The maximum Gasteiger partial charge on any atom is 0.241 e. The second kappa shape index (κ2) is 7.99. The summed E-state index contributed by atoms with van der Waals surface area (Å²) in [5.74, 6) is 0.374. The molecule has 2 aromatic rings. The van der Waals surface area contributed by atoms with E-state index in [0.717, 1.165) is 31.9 Å². The van der Waals surface area contributed by atoms with Gasteiger partial charge in [-0.25, -0.2) is 8.42 Å². The highest BCUT2D eigenvalue weighted by atomic mass is 79.9. The average Bonchev–Trinajstić information content (AvgIpc) is 2.60. The fourth-order valence-corrected chi connectivity index (χ4v) is 4.60. The maximum absolute atomic E-state index is 12.8. The first-order valence-corrected chi connectivity index (χ1v) is 11.9. The minimum atomic E-state index is -3.62. The van der Waals surface area contributed by atoms with Gasteiger partial charge in [0.25, 0.3) is 0 Å². The number of aryl methyl sites for hydroxylation is 1. The number of ether oxygens (including phenoxy) is 1. The lowest BCUT2D eigenvalue weighted by atomic mass is 9.89. The van der Waals surface area contributed by atoms with Crippen LogP contribution in [0.25, 0.3) is 0 Å². The molecule has 0 aliphatic carbocycles. The minimum Gasteiger partial charge on any atom is -0.487 e. The van der Waals surface area contributed by atoms with Crippen molar-refractivity contribution in [3.63, 3.8) is 0 Å². The van der Waals surface area contributed by atoms with Crippen LogP contribution >= 0.6 is 15.9 Å². The topological polar surface area (TPSA) is 75.7 Å². The van der Waals surface area contributed by atoms with Gasteiger partial charge < -0.3 is 10.1 Å². The van der Waals surface area contributed by atoms with Gasteiger partial charge in [-0.1, -0.05) is 33.6 Å². The third-order valence-electron chi connectivity index (χ3n) is 4.76. The Kier molecular flexibility index (Phi) is 5.96. The van der Waals surface area contributed by atoms with Gasteiger partial charge in [0.15, 0.2) is 0 Å². The van der Waals surface area contributed by atoms with Crippen LogP contribution in [-0.2, 0) is 14.8 Å². The Morgan fingerprint density at radius 1 is 1.24 bits per heavy atom. The molecule has 0 bridgehead atoms. The first kappa shape index (κ1) is 21.6. The molecule has 0 aromatic heterocycles. The summed E-state index contributed by atoms with van der Waals surface area (Å²) in [6.07, 6.45) is 1.69. The molecule has 0 radical (unpaired) electrons. The summed E-state index contributed by atoms with van der Waals surface area (Å²) in [6.45, 7) is 5.64. The first-order chi connectivity index (χ1) is 13.4. The van der Waals surface area contributed by atoms with Crippen LogP contribution in [0.5, 0.6) is 5.75 Å². The number of rotatable bonds is 5. The molecule has 0 saturated carbocycles. The van der Waals surface area contributed by atoms with Crippen LogP contribution in [0, 0.1) is 6.92 Å². The number of halogens is 1. The Labute approximate surface area is 180 Å². The van der Waals surface area contributed by atoms with Gasteiger partial charge in [-0.05, 0) is 51.1 Å². The van der Waals surface area contributed by atoms with Gasteiger partial charge in [0.1, 0.15) is 17.9 Å². The predicted molar refractivity (Wildman–Crippen MR) is 118 cm³/mol. The van der Waals surface area contributed by atoms with Crippen molar-refractivity contribution in [2.75, 3.05) is 17.1 Å². The molecule has 1 unspecified atom stereocenters. The number of nitrogens with zero attached hydrogens (tertiary/aromatic N) is 1. The lowest BCUT2D eigenvalue weighted by Gasteiger charge is -2.38. The second-order valence-electron chi connectivity index (χ2n) is 7.97. The summed E-state index contributed by atoms with van der Waals surface area (Å²) in [5, 5.41) is 3.01. The number of hydrogen-bond acceptors (Lipinski definition) is 4. The van der Waals surface area contributed by atoms with Gasteiger partial charge >= 0.3 is 0 Å². The Bertz CT molecular complexity index is 1020. The molecule has 1 heterocycles. The molecule has 2 aromatic carbocycles. The number of benzene rings is 2. The smallest absolute Gasteiger partial charge is 0.241 e. The first-order valence-electron chi connectivity index (χ1n) is 9.27. The van der Waals surface area contributed by atoms with E-state index in [1.54, 1.807) is 24.3 Å². The van der Waals surface area contributed by atoms with Crippen LogP contribution in [0.2, 0.25) is 0 Å². The standard InChI is InChI=1S/C21H25BrN2O4S/c1-14-5-10-19-17(11-14)18(12-21(2,3)28-19)23-20(25)13-24(29(4,26)27)16-8-6-15(22)7-9-16/h5-11,18H,12-13H2,1-4H3,(H,23,25). The normalized spacial score (nSPS) is 17.8. The number of fused-ring (bicyclic) bond motifs is 1. The highest BCUT2D eigenvalue weighted by molar-refractivity contribution is 9.10. The van der Waals surface area contributed by atoms with Crippen LogP contribution in [0.1, 0.15) is 37.4 Å². The van der Waals surface area contributed by atoms with Gasteiger partial charge in [0.2, 0.25) is 15.9 Å². The number of carbonyl (C=O) groups excluding carboxylic acids is 1. The van der Waals surface area contributed by atoms with Crippen molar-refractivity contribution in [3.8, 4) is 5.75 Å². The molecule has 1 amide bonds. The molecular formula is C21H25BrN2O4S. The molecule has 3 rings (SSSR count). The predicted octanol–water partition coefficient (Wildman–Crippen LogP) is 3.94. The molecule has 1 aliphatic rings. The molecule has 29 heavy (non-hydrogen) atoms. The van der Waals surface area contributed by atoms with Crippen LogP contribution in [-0.4, -0.2) is 32.7 Å². The summed E-state index contributed by atoms with van der Waals surface area (Å²) in [6, 6.07) is 12.4. The highest BCUT2D eigenvalue weighted by Gasteiger charge is 2.35. The zero-order chi connectivity index (χ0) is 21.4. The van der Waals surface area contributed by atoms with Gasteiger partial charge in [-0.15, -0.1) is 0 Å². The molecule has 0 saturated heterocycles. The quantitative estimate of drug-likeness (QED) is 0.702. The summed E-state index contributed by atoms with van der Waals surface area (Å²) in [4.78, 5) is 12.8. The summed E-state index contributed by atoms with van der Waals surface area (Å²) >= 11 is 3.33. The third-order valence-corrected chi connectivity index (χ3v) is 6.43. The lowest BCUT2D eigenvalue weighted by Crippen LogP contribution is -2.45. The van der Waals surface area contributed by atoms with Gasteiger partial charge in [-0.2, -0.15) is 0 Å². The van der Waals surface area contributed by atoms with Crippen LogP contribution < -0.4 is 14.4 Å². The van der Waals surface area contributed by atoms with Crippen molar-refractivity contribution < 1.29 is 17.9 Å². The Morgan fingerprint density at radius 3 is 2.52 bits per heavy atom. The fourth-order valence-electron chi connectivity index (χ4n) is 3.48. The molecule has 8 heteroatoms. The zero-order valence-electron chi connectivity index (χ0n) is 16.9. The number of carbonyl (C=O) groups is 1. The summed E-state index contributed by atoms with van der Waals surface area (Å²) in [5.41, 5.74) is 1.98. The van der Waals surface area contributed by atoms with Gasteiger partial charge in [-0.3, -0.25) is 9.10 Å². The monoisotopic (exact) mass is 480 g/mol. The molecule has 0 fully saturated rings. The van der Waals surface area contributed by atoms with E-state index in [1.165, 1.54) is 0 Å². The van der Waals surface area contributed by atoms with Crippen LogP contribution in [0.15, 0.2) is 46.9 Å². The Balaban J connectivity index is 1.83. The Hall–Kier alpha value is -2.06. The highest BCUT2D eigenvalue weighted by Crippen LogP contribution is 2.39. The SMILES string of the molecule is Cc1ccc2c(c1)C(NC(=O)CN(c1ccc(Br)cc1)S(C)(=O)=O)CC(C)(C)O2.